The van der Waals surface area contributed by atoms with E-state index in [4.69, 9.17) is 9.84 Å². The minimum Gasteiger partial charge on any atom is -0.485 e. The number of thiophene rings is 1. The van der Waals surface area contributed by atoms with Crippen LogP contribution in [0, 0.1) is 6.92 Å². The van der Waals surface area contributed by atoms with Crippen LogP contribution in [0.2, 0.25) is 0 Å². The van der Waals surface area contributed by atoms with Crippen LogP contribution >= 0.6 is 11.3 Å². The Morgan fingerprint density at radius 3 is 2.40 bits per heavy atom. The Balaban J connectivity index is 1.73. The number of rotatable bonds is 10. The minimum atomic E-state index is -4.37. The summed E-state index contributed by atoms with van der Waals surface area (Å²) in [6.07, 6.45) is -3.22. The van der Waals surface area contributed by atoms with E-state index in [0.717, 1.165) is 41.0 Å². The van der Waals surface area contributed by atoms with Gasteiger partial charge in [0.2, 0.25) is 0 Å². The van der Waals surface area contributed by atoms with Gasteiger partial charge < -0.3 is 15.2 Å². The third-order valence-corrected chi connectivity index (χ3v) is 6.52. The number of amides is 1. The van der Waals surface area contributed by atoms with E-state index in [2.05, 4.69) is 5.32 Å². The zero-order chi connectivity index (χ0) is 25.6. The molecule has 2 N–H and O–H groups in total. The zero-order valence-corrected chi connectivity index (χ0v) is 20.1. The normalized spacial score (nSPS) is 12.3. The molecule has 1 aromatic heterocycles. The molecule has 186 valence electrons. The number of carbonyl (C=O) groups is 2. The number of benzene rings is 2. The monoisotopic (exact) mass is 505 g/mol. The van der Waals surface area contributed by atoms with E-state index in [0.29, 0.717) is 16.2 Å². The molecule has 1 atom stereocenters. The maximum absolute atomic E-state index is 12.8. The number of alkyl halides is 3. The van der Waals surface area contributed by atoms with Crippen LogP contribution in [-0.4, -0.2) is 23.5 Å². The van der Waals surface area contributed by atoms with Gasteiger partial charge in [0, 0.05) is 11.4 Å². The third-order valence-electron chi connectivity index (χ3n) is 5.34. The van der Waals surface area contributed by atoms with Crippen molar-refractivity contribution in [2.45, 2.75) is 45.4 Å². The average molecular weight is 506 g/mol. The Kier molecular flexibility index (Phi) is 8.56. The van der Waals surface area contributed by atoms with Crippen molar-refractivity contribution in [2.24, 2.45) is 0 Å². The SMILES string of the molecule is CCC[C@@H](Oc1ccc(-c2ccc(C(F)(F)F)cc2)c(C)c1)c1ccc(C(=O)NCCC(=O)O)s1. The Morgan fingerprint density at radius 2 is 1.80 bits per heavy atom. The summed E-state index contributed by atoms with van der Waals surface area (Å²) in [5.74, 6) is -0.680. The van der Waals surface area contributed by atoms with Gasteiger partial charge in [0.05, 0.1) is 16.9 Å². The van der Waals surface area contributed by atoms with Gasteiger partial charge in [-0.15, -0.1) is 11.3 Å². The van der Waals surface area contributed by atoms with Crippen molar-refractivity contribution in [3.8, 4) is 16.9 Å². The molecule has 0 spiro atoms. The number of hydrogen-bond acceptors (Lipinski definition) is 4. The van der Waals surface area contributed by atoms with E-state index in [1.807, 2.05) is 32.0 Å². The summed E-state index contributed by atoms with van der Waals surface area (Å²) in [7, 11) is 0. The van der Waals surface area contributed by atoms with Crippen LogP contribution in [0.5, 0.6) is 5.75 Å². The predicted molar refractivity (Wildman–Crippen MR) is 129 cm³/mol. The van der Waals surface area contributed by atoms with Crippen LogP contribution in [-0.2, 0) is 11.0 Å². The van der Waals surface area contributed by atoms with Crippen LogP contribution in [0.15, 0.2) is 54.6 Å². The van der Waals surface area contributed by atoms with Crippen LogP contribution in [0.3, 0.4) is 0 Å². The summed E-state index contributed by atoms with van der Waals surface area (Å²) in [5.41, 5.74) is 1.67. The Morgan fingerprint density at radius 1 is 1.09 bits per heavy atom. The smallest absolute Gasteiger partial charge is 0.416 e. The van der Waals surface area contributed by atoms with Crippen molar-refractivity contribution in [3.05, 3.63) is 75.5 Å². The molecular formula is C26H26F3NO4S. The molecule has 0 aliphatic heterocycles. The van der Waals surface area contributed by atoms with Gasteiger partial charge in [-0.05, 0) is 66.4 Å². The van der Waals surface area contributed by atoms with E-state index < -0.39 is 17.7 Å². The maximum atomic E-state index is 12.8. The molecule has 0 saturated heterocycles. The first kappa shape index (κ1) is 26.3. The molecule has 0 bridgehead atoms. The molecule has 2 aromatic carbocycles. The number of hydrogen-bond donors (Lipinski definition) is 2. The third kappa shape index (κ3) is 7.08. The van der Waals surface area contributed by atoms with Crippen LogP contribution < -0.4 is 10.1 Å². The first-order valence-electron chi connectivity index (χ1n) is 11.1. The molecule has 0 radical (unpaired) electrons. The molecule has 1 amide bonds. The van der Waals surface area contributed by atoms with Crippen LogP contribution in [0.4, 0.5) is 13.2 Å². The number of aliphatic carboxylic acids is 1. The molecule has 3 aromatic rings. The van der Waals surface area contributed by atoms with Crippen LogP contribution in [0.1, 0.15) is 58.0 Å². The fraction of sp³-hybridized carbons (Fsp3) is 0.308. The second-order valence-corrected chi connectivity index (χ2v) is 9.16. The topological polar surface area (TPSA) is 75.6 Å². The largest absolute Gasteiger partial charge is 0.485 e. The molecule has 0 fully saturated rings. The summed E-state index contributed by atoms with van der Waals surface area (Å²) in [5, 5.41) is 11.3. The van der Waals surface area contributed by atoms with E-state index in [-0.39, 0.29) is 25.0 Å². The van der Waals surface area contributed by atoms with Gasteiger partial charge in [-0.2, -0.15) is 13.2 Å². The highest BCUT2D eigenvalue weighted by molar-refractivity contribution is 7.14. The van der Waals surface area contributed by atoms with Gasteiger partial charge >= 0.3 is 12.1 Å². The second kappa shape index (κ2) is 11.4. The molecule has 9 heteroatoms. The number of carboxylic acid groups (broad SMARTS) is 1. The quantitative estimate of drug-likeness (QED) is 0.315. The van der Waals surface area contributed by atoms with Crippen molar-refractivity contribution in [1.29, 1.82) is 0 Å². The number of halogens is 3. The molecule has 0 aliphatic carbocycles. The fourth-order valence-electron chi connectivity index (χ4n) is 3.58. The summed E-state index contributed by atoms with van der Waals surface area (Å²) < 4.78 is 44.8. The highest BCUT2D eigenvalue weighted by Crippen LogP contribution is 2.35. The lowest BCUT2D eigenvalue weighted by Crippen LogP contribution is -2.25. The summed E-state index contributed by atoms with van der Waals surface area (Å²) in [6, 6.07) is 14.1. The van der Waals surface area contributed by atoms with Crippen molar-refractivity contribution in [1.82, 2.24) is 5.32 Å². The predicted octanol–water partition coefficient (Wildman–Crippen LogP) is 6.87. The lowest BCUT2D eigenvalue weighted by Gasteiger charge is -2.19. The Labute approximate surface area is 205 Å². The molecular weight excluding hydrogens is 479 g/mol. The van der Waals surface area contributed by atoms with Gasteiger partial charge in [-0.25, -0.2) is 0 Å². The van der Waals surface area contributed by atoms with Crippen molar-refractivity contribution in [3.63, 3.8) is 0 Å². The van der Waals surface area contributed by atoms with Crippen molar-refractivity contribution in [2.75, 3.05) is 6.54 Å². The Hall–Kier alpha value is -3.33. The van der Waals surface area contributed by atoms with E-state index in [1.165, 1.54) is 23.5 Å². The number of carboxylic acids is 1. The standard InChI is InChI=1S/C26H26F3NO4S/c1-3-4-21(22-11-12-23(35-22)25(33)30-14-13-24(31)32)34-19-9-10-20(16(2)15-19)17-5-7-18(8-6-17)26(27,28)29/h5-12,15,21H,3-4,13-14H2,1-2H3,(H,30,33)(H,31,32)/t21-/m1/s1. The number of nitrogens with one attached hydrogen (secondary N) is 1. The summed E-state index contributed by atoms with van der Waals surface area (Å²) in [6.45, 7) is 3.96. The molecule has 3 rings (SSSR count). The van der Waals surface area contributed by atoms with E-state index >= 15 is 0 Å². The lowest BCUT2D eigenvalue weighted by molar-refractivity contribution is -0.138. The first-order chi connectivity index (χ1) is 16.6. The second-order valence-electron chi connectivity index (χ2n) is 8.05. The number of ether oxygens (including phenoxy) is 1. The number of carbonyl (C=O) groups excluding carboxylic acids is 1. The number of aryl methyl sites for hydroxylation is 1. The van der Waals surface area contributed by atoms with Gasteiger partial charge in [-0.1, -0.05) is 31.5 Å². The van der Waals surface area contributed by atoms with Gasteiger partial charge in [0.15, 0.2) is 0 Å². The zero-order valence-electron chi connectivity index (χ0n) is 19.3. The first-order valence-corrected chi connectivity index (χ1v) is 11.9. The highest BCUT2D eigenvalue weighted by Gasteiger charge is 2.30. The van der Waals surface area contributed by atoms with Gasteiger partial charge in [-0.3, -0.25) is 9.59 Å². The molecule has 0 saturated carbocycles. The molecule has 5 nitrogen and oxygen atoms in total. The molecule has 0 aliphatic rings. The summed E-state index contributed by atoms with van der Waals surface area (Å²) >= 11 is 1.30. The van der Waals surface area contributed by atoms with Gasteiger partial charge in [0.1, 0.15) is 11.9 Å². The average Bonchev–Trinajstić information content (AvgIpc) is 3.29. The van der Waals surface area contributed by atoms with Crippen molar-refractivity contribution >= 4 is 23.2 Å². The fourth-order valence-corrected chi connectivity index (χ4v) is 4.56. The van der Waals surface area contributed by atoms with Crippen LogP contribution in [0.25, 0.3) is 11.1 Å². The highest BCUT2D eigenvalue weighted by atomic mass is 32.1. The van der Waals surface area contributed by atoms with E-state index in [1.54, 1.807) is 12.1 Å². The minimum absolute atomic E-state index is 0.0564. The van der Waals surface area contributed by atoms with Gasteiger partial charge in [0.25, 0.3) is 5.91 Å². The Bertz CT molecular complexity index is 1170. The van der Waals surface area contributed by atoms with E-state index in [9.17, 15) is 22.8 Å². The maximum Gasteiger partial charge on any atom is 0.416 e. The molecule has 1 heterocycles. The molecule has 0 unspecified atom stereocenters. The lowest BCUT2D eigenvalue weighted by atomic mass is 9.99. The van der Waals surface area contributed by atoms with Crippen molar-refractivity contribution < 1.29 is 32.6 Å². The summed E-state index contributed by atoms with van der Waals surface area (Å²) in [4.78, 5) is 24.2. The molecule has 35 heavy (non-hydrogen) atoms.